The third-order valence-electron chi connectivity index (χ3n) is 2.19. The molecule has 0 amide bonds. The Hall–Kier alpha value is -1.57. The first kappa shape index (κ1) is 11.5. The van der Waals surface area contributed by atoms with Crippen molar-refractivity contribution >= 4 is 5.78 Å². The SMILES string of the molecule is C=CC1COc2ccccc2C1=O.CC. The minimum absolute atomic E-state index is 0.108. The molecular weight excluding hydrogens is 188 g/mol. The molecule has 1 atom stereocenters. The number of fused-ring (bicyclic) bond motifs is 1. The molecule has 0 N–H and O–H groups in total. The monoisotopic (exact) mass is 204 g/mol. The molecule has 2 nitrogen and oxygen atoms in total. The van der Waals surface area contributed by atoms with Gasteiger partial charge in [-0.05, 0) is 12.1 Å². The van der Waals surface area contributed by atoms with E-state index in [1.807, 2.05) is 32.0 Å². The number of benzene rings is 1. The molecule has 2 heteroatoms. The normalized spacial score (nSPS) is 18.0. The Bertz CT molecular complexity index is 355. The molecule has 80 valence electrons. The standard InChI is InChI=1S/C11H10O2.C2H6/c1-2-8-7-13-10-6-4-3-5-9(10)11(8)12;1-2/h2-6,8H,1,7H2;1-2H3. The van der Waals surface area contributed by atoms with Crippen LogP contribution in [-0.4, -0.2) is 12.4 Å². The molecule has 1 aliphatic rings. The smallest absolute Gasteiger partial charge is 0.176 e. The molecule has 1 aliphatic heterocycles. The Morgan fingerprint density at radius 1 is 1.40 bits per heavy atom. The first-order valence-electron chi connectivity index (χ1n) is 5.21. The third-order valence-corrected chi connectivity index (χ3v) is 2.19. The molecule has 0 saturated carbocycles. The van der Waals surface area contributed by atoms with Crippen molar-refractivity contribution in [3.63, 3.8) is 0 Å². The number of ether oxygens (including phenoxy) is 1. The fraction of sp³-hybridized carbons (Fsp3) is 0.308. The molecule has 0 aliphatic carbocycles. The van der Waals surface area contributed by atoms with E-state index < -0.39 is 0 Å². The summed E-state index contributed by atoms with van der Waals surface area (Å²) in [6, 6.07) is 7.30. The second-order valence-electron chi connectivity index (χ2n) is 3.01. The van der Waals surface area contributed by atoms with E-state index in [0.717, 1.165) is 0 Å². The number of Topliss-reactive ketones (excluding diaryl/α,β-unsaturated/α-hetero) is 1. The Labute approximate surface area is 90.6 Å². The number of ketones is 1. The van der Waals surface area contributed by atoms with Gasteiger partial charge in [0.25, 0.3) is 0 Å². The maximum Gasteiger partial charge on any atom is 0.176 e. The summed E-state index contributed by atoms with van der Waals surface area (Å²) in [5.41, 5.74) is 0.665. The van der Waals surface area contributed by atoms with E-state index in [1.54, 1.807) is 12.1 Å². The van der Waals surface area contributed by atoms with E-state index in [2.05, 4.69) is 6.58 Å². The van der Waals surface area contributed by atoms with Crippen LogP contribution < -0.4 is 4.74 Å². The molecule has 0 saturated heterocycles. The average molecular weight is 204 g/mol. The Kier molecular flexibility index (Phi) is 4.10. The highest BCUT2D eigenvalue weighted by Crippen LogP contribution is 2.26. The summed E-state index contributed by atoms with van der Waals surface area (Å²) in [7, 11) is 0. The Morgan fingerprint density at radius 2 is 2.07 bits per heavy atom. The number of para-hydroxylation sites is 1. The van der Waals surface area contributed by atoms with Crippen molar-refractivity contribution < 1.29 is 9.53 Å². The zero-order valence-corrected chi connectivity index (χ0v) is 9.19. The highest BCUT2D eigenvalue weighted by Gasteiger charge is 2.25. The molecule has 1 unspecified atom stereocenters. The maximum absolute atomic E-state index is 11.7. The summed E-state index contributed by atoms with van der Waals surface area (Å²) in [5.74, 6) is 0.609. The first-order chi connectivity index (χ1) is 7.33. The summed E-state index contributed by atoms with van der Waals surface area (Å²) in [6.07, 6.45) is 1.64. The lowest BCUT2D eigenvalue weighted by molar-refractivity contribution is 0.0874. The average Bonchev–Trinajstić information content (AvgIpc) is 2.33. The summed E-state index contributed by atoms with van der Waals surface area (Å²) in [5, 5.41) is 0. The highest BCUT2D eigenvalue weighted by molar-refractivity contribution is 6.02. The number of carbonyl (C=O) groups excluding carboxylic acids is 1. The van der Waals surface area contributed by atoms with Crippen molar-refractivity contribution in [3.8, 4) is 5.75 Å². The van der Waals surface area contributed by atoms with Gasteiger partial charge in [0, 0.05) is 0 Å². The van der Waals surface area contributed by atoms with Gasteiger partial charge in [-0.3, -0.25) is 4.79 Å². The summed E-state index contributed by atoms with van der Waals surface area (Å²) in [6.45, 7) is 8.02. The minimum atomic E-state index is -0.185. The number of carbonyl (C=O) groups is 1. The molecule has 0 spiro atoms. The second-order valence-corrected chi connectivity index (χ2v) is 3.01. The van der Waals surface area contributed by atoms with Crippen LogP contribution in [-0.2, 0) is 0 Å². The highest BCUT2D eigenvalue weighted by atomic mass is 16.5. The quantitative estimate of drug-likeness (QED) is 0.657. The predicted octanol–water partition coefficient (Wildman–Crippen LogP) is 3.09. The molecule has 2 rings (SSSR count). The van der Waals surface area contributed by atoms with Gasteiger partial charge >= 0.3 is 0 Å². The van der Waals surface area contributed by atoms with Crippen molar-refractivity contribution in [2.45, 2.75) is 13.8 Å². The number of hydrogen-bond acceptors (Lipinski definition) is 2. The zero-order valence-electron chi connectivity index (χ0n) is 9.19. The lowest BCUT2D eigenvalue weighted by Crippen LogP contribution is -2.25. The van der Waals surface area contributed by atoms with Gasteiger partial charge in [0.1, 0.15) is 12.4 Å². The number of hydrogen-bond donors (Lipinski definition) is 0. The van der Waals surface area contributed by atoms with Crippen LogP contribution in [0.15, 0.2) is 36.9 Å². The van der Waals surface area contributed by atoms with E-state index >= 15 is 0 Å². The molecule has 15 heavy (non-hydrogen) atoms. The van der Waals surface area contributed by atoms with Crippen LogP contribution in [0.4, 0.5) is 0 Å². The summed E-state index contributed by atoms with van der Waals surface area (Å²) in [4.78, 5) is 11.7. The van der Waals surface area contributed by atoms with Gasteiger partial charge in [-0.15, -0.1) is 6.58 Å². The fourth-order valence-electron chi connectivity index (χ4n) is 1.43. The summed E-state index contributed by atoms with van der Waals surface area (Å²) >= 11 is 0. The van der Waals surface area contributed by atoms with Gasteiger partial charge in [-0.1, -0.05) is 32.1 Å². The third kappa shape index (κ3) is 2.27. The van der Waals surface area contributed by atoms with Crippen LogP contribution >= 0.6 is 0 Å². The minimum Gasteiger partial charge on any atom is -0.492 e. The van der Waals surface area contributed by atoms with Gasteiger partial charge in [0.2, 0.25) is 0 Å². The van der Waals surface area contributed by atoms with E-state index in [4.69, 9.17) is 4.74 Å². The first-order valence-corrected chi connectivity index (χ1v) is 5.21. The van der Waals surface area contributed by atoms with Gasteiger partial charge in [-0.2, -0.15) is 0 Å². The van der Waals surface area contributed by atoms with E-state index in [0.29, 0.717) is 17.9 Å². The van der Waals surface area contributed by atoms with Crippen molar-refractivity contribution in [1.29, 1.82) is 0 Å². The van der Waals surface area contributed by atoms with Crippen molar-refractivity contribution in [2.75, 3.05) is 6.61 Å². The van der Waals surface area contributed by atoms with Gasteiger partial charge in [0.05, 0.1) is 11.5 Å². The molecule has 0 aromatic heterocycles. The Morgan fingerprint density at radius 3 is 2.73 bits per heavy atom. The molecular formula is C13H16O2. The molecule has 0 radical (unpaired) electrons. The van der Waals surface area contributed by atoms with Crippen LogP contribution in [0.1, 0.15) is 24.2 Å². The van der Waals surface area contributed by atoms with Gasteiger partial charge in [0.15, 0.2) is 5.78 Å². The van der Waals surface area contributed by atoms with Crippen molar-refractivity contribution in [2.24, 2.45) is 5.92 Å². The maximum atomic E-state index is 11.7. The van der Waals surface area contributed by atoms with Crippen LogP contribution in [0.25, 0.3) is 0 Å². The predicted molar refractivity (Wildman–Crippen MR) is 61.3 cm³/mol. The fourth-order valence-corrected chi connectivity index (χ4v) is 1.43. The molecule has 0 bridgehead atoms. The van der Waals surface area contributed by atoms with E-state index in [-0.39, 0.29) is 11.7 Å². The molecule has 1 heterocycles. The zero-order chi connectivity index (χ0) is 11.3. The van der Waals surface area contributed by atoms with E-state index in [1.165, 1.54) is 0 Å². The van der Waals surface area contributed by atoms with Gasteiger partial charge in [-0.25, -0.2) is 0 Å². The molecule has 1 aromatic rings. The largest absolute Gasteiger partial charge is 0.492 e. The van der Waals surface area contributed by atoms with Crippen molar-refractivity contribution in [3.05, 3.63) is 42.5 Å². The van der Waals surface area contributed by atoms with Crippen LogP contribution in [0.2, 0.25) is 0 Å². The second kappa shape index (κ2) is 5.35. The lowest BCUT2D eigenvalue weighted by Gasteiger charge is -2.21. The van der Waals surface area contributed by atoms with Crippen LogP contribution in [0.5, 0.6) is 5.75 Å². The lowest BCUT2D eigenvalue weighted by atomic mass is 9.95. The Balaban J connectivity index is 0.000000531. The summed E-state index contributed by atoms with van der Waals surface area (Å²) < 4.78 is 5.41. The van der Waals surface area contributed by atoms with E-state index in [9.17, 15) is 4.79 Å². The van der Waals surface area contributed by atoms with Crippen LogP contribution in [0.3, 0.4) is 0 Å². The molecule has 0 fully saturated rings. The molecule has 1 aromatic carbocycles. The van der Waals surface area contributed by atoms with Crippen molar-refractivity contribution in [1.82, 2.24) is 0 Å². The topological polar surface area (TPSA) is 26.3 Å². The van der Waals surface area contributed by atoms with Crippen LogP contribution in [0, 0.1) is 5.92 Å². The number of rotatable bonds is 1. The van der Waals surface area contributed by atoms with Gasteiger partial charge < -0.3 is 4.74 Å².